The Bertz CT molecular complexity index is 259. The second kappa shape index (κ2) is 9.07. The van der Waals surface area contributed by atoms with Crippen LogP contribution in [0.15, 0.2) is 0 Å². The van der Waals surface area contributed by atoms with Gasteiger partial charge in [0.05, 0.1) is 13.7 Å². The first-order chi connectivity index (χ1) is 7.20. The monoisotopic (exact) mass is 212 g/mol. The van der Waals surface area contributed by atoms with E-state index in [1.165, 1.54) is 7.11 Å². The van der Waals surface area contributed by atoms with Crippen LogP contribution in [0.25, 0.3) is 0 Å². The number of rotatable bonds is 5. The third kappa shape index (κ3) is 8.82. The minimum atomic E-state index is -0.495. The first-order valence-corrected chi connectivity index (χ1v) is 4.93. The number of carbonyl (C=O) groups is 2. The van der Waals surface area contributed by atoms with E-state index in [0.29, 0.717) is 19.4 Å². The van der Waals surface area contributed by atoms with Gasteiger partial charge in [-0.25, -0.2) is 4.79 Å². The van der Waals surface area contributed by atoms with Gasteiger partial charge < -0.3 is 9.47 Å². The van der Waals surface area contributed by atoms with Crippen LogP contribution < -0.4 is 0 Å². The smallest absolute Gasteiger partial charge is 0.384 e. The van der Waals surface area contributed by atoms with Crippen LogP contribution in [-0.4, -0.2) is 25.7 Å². The fraction of sp³-hybridized carbons (Fsp3) is 0.636. The number of methoxy groups -OCH3 is 1. The van der Waals surface area contributed by atoms with Crippen molar-refractivity contribution in [2.45, 2.75) is 32.6 Å². The SMILES string of the molecule is CCOC(=O)C#CCCCCC(=O)OC. The number of hydrogen-bond acceptors (Lipinski definition) is 4. The van der Waals surface area contributed by atoms with Gasteiger partial charge in [0.25, 0.3) is 0 Å². The van der Waals surface area contributed by atoms with Crippen LogP contribution in [0.2, 0.25) is 0 Å². The Morgan fingerprint density at radius 2 is 2.00 bits per heavy atom. The highest BCUT2D eigenvalue weighted by Crippen LogP contribution is 1.99. The summed E-state index contributed by atoms with van der Waals surface area (Å²) in [6.07, 6.45) is 2.50. The molecule has 84 valence electrons. The minimum Gasteiger partial charge on any atom is -0.469 e. The Kier molecular flexibility index (Phi) is 8.16. The van der Waals surface area contributed by atoms with E-state index in [0.717, 1.165) is 12.8 Å². The summed E-state index contributed by atoms with van der Waals surface area (Å²) in [7, 11) is 1.36. The summed E-state index contributed by atoms with van der Waals surface area (Å²) in [6, 6.07) is 0. The van der Waals surface area contributed by atoms with Crippen molar-refractivity contribution in [3.05, 3.63) is 0 Å². The van der Waals surface area contributed by atoms with Crippen molar-refractivity contribution in [2.75, 3.05) is 13.7 Å². The van der Waals surface area contributed by atoms with Gasteiger partial charge in [-0.1, -0.05) is 5.92 Å². The molecule has 0 bridgehead atoms. The van der Waals surface area contributed by atoms with Crippen molar-refractivity contribution in [2.24, 2.45) is 0 Å². The van der Waals surface area contributed by atoms with E-state index < -0.39 is 5.97 Å². The average molecular weight is 212 g/mol. The van der Waals surface area contributed by atoms with E-state index in [-0.39, 0.29) is 5.97 Å². The highest BCUT2D eigenvalue weighted by molar-refractivity contribution is 5.88. The molecular formula is C11H16O4. The van der Waals surface area contributed by atoms with Gasteiger partial charge in [-0.3, -0.25) is 4.79 Å². The maximum atomic E-state index is 10.8. The highest BCUT2D eigenvalue weighted by atomic mass is 16.5. The number of unbranched alkanes of at least 4 members (excludes halogenated alkanes) is 2. The zero-order valence-electron chi connectivity index (χ0n) is 9.17. The summed E-state index contributed by atoms with van der Waals surface area (Å²) >= 11 is 0. The molecule has 0 aromatic heterocycles. The van der Waals surface area contributed by atoms with Gasteiger partial charge >= 0.3 is 11.9 Å². The predicted octanol–water partition coefficient (Wildman–Crippen LogP) is 1.29. The molecule has 0 aliphatic carbocycles. The molecule has 0 rings (SSSR count). The lowest BCUT2D eigenvalue weighted by molar-refractivity contribution is -0.140. The molecule has 0 spiro atoms. The van der Waals surface area contributed by atoms with Crippen LogP contribution in [-0.2, 0) is 19.1 Å². The van der Waals surface area contributed by atoms with Crippen LogP contribution in [0.3, 0.4) is 0 Å². The van der Waals surface area contributed by atoms with Gasteiger partial charge in [-0.2, -0.15) is 0 Å². The summed E-state index contributed by atoms with van der Waals surface area (Å²) in [4.78, 5) is 21.5. The number of carbonyl (C=O) groups excluding carboxylic acids is 2. The quantitative estimate of drug-likeness (QED) is 0.298. The maximum Gasteiger partial charge on any atom is 0.384 e. The third-order valence-corrected chi connectivity index (χ3v) is 1.63. The Morgan fingerprint density at radius 1 is 1.27 bits per heavy atom. The fourth-order valence-electron chi connectivity index (χ4n) is 0.887. The predicted molar refractivity (Wildman–Crippen MR) is 54.9 cm³/mol. The molecule has 0 amide bonds. The average Bonchev–Trinajstić information content (AvgIpc) is 2.23. The summed E-state index contributed by atoms with van der Waals surface area (Å²) in [6.45, 7) is 2.08. The van der Waals surface area contributed by atoms with Gasteiger partial charge in [-0.15, -0.1) is 0 Å². The largest absolute Gasteiger partial charge is 0.469 e. The highest BCUT2D eigenvalue weighted by Gasteiger charge is 1.98. The second-order valence-corrected chi connectivity index (χ2v) is 2.81. The van der Waals surface area contributed by atoms with Crippen molar-refractivity contribution < 1.29 is 19.1 Å². The van der Waals surface area contributed by atoms with E-state index in [1.54, 1.807) is 6.92 Å². The van der Waals surface area contributed by atoms with Crippen LogP contribution in [0.4, 0.5) is 0 Å². The maximum absolute atomic E-state index is 10.8. The van der Waals surface area contributed by atoms with Crippen LogP contribution in [0.5, 0.6) is 0 Å². The van der Waals surface area contributed by atoms with Crippen molar-refractivity contribution in [3.8, 4) is 11.8 Å². The molecular weight excluding hydrogens is 196 g/mol. The first-order valence-electron chi connectivity index (χ1n) is 4.93. The molecule has 0 atom stereocenters. The molecule has 0 aromatic rings. The van der Waals surface area contributed by atoms with Crippen LogP contribution in [0, 0.1) is 11.8 Å². The Labute approximate surface area is 89.9 Å². The number of esters is 2. The topological polar surface area (TPSA) is 52.6 Å². The van der Waals surface area contributed by atoms with Crippen LogP contribution in [0.1, 0.15) is 32.6 Å². The lowest BCUT2D eigenvalue weighted by atomic mass is 10.2. The standard InChI is InChI=1S/C11H16O4/c1-3-15-11(13)9-7-5-4-6-8-10(12)14-2/h3-6,8H2,1-2H3. The summed E-state index contributed by atoms with van der Waals surface area (Å²) in [5.74, 6) is 4.33. The van der Waals surface area contributed by atoms with Gasteiger partial charge in [0.2, 0.25) is 0 Å². The van der Waals surface area contributed by atoms with Gasteiger partial charge in [0, 0.05) is 18.8 Å². The lowest BCUT2D eigenvalue weighted by Gasteiger charge is -1.96. The molecule has 0 saturated carbocycles. The molecule has 0 fully saturated rings. The zero-order valence-corrected chi connectivity index (χ0v) is 9.17. The Balaban J connectivity index is 3.45. The van der Waals surface area contributed by atoms with Crippen LogP contribution >= 0.6 is 0 Å². The number of hydrogen-bond donors (Lipinski definition) is 0. The van der Waals surface area contributed by atoms with Crippen molar-refractivity contribution in [1.29, 1.82) is 0 Å². The number of ether oxygens (including phenoxy) is 2. The molecule has 0 aromatic carbocycles. The molecule has 0 saturated heterocycles. The second-order valence-electron chi connectivity index (χ2n) is 2.81. The molecule has 0 aliphatic rings. The van der Waals surface area contributed by atoms with E-state index in [9.17, 15) is 9.59 Å². The molecule has 0 radical (unpaired) electrons. The molecule has 4 nitrogen and oxygen atoms in total. The zero-order chi connectivity index (χ0) is 11.5. The lowest BCUT2D eigenvalue weighted by Crippen LogP contribution is -2.00. The fourth-order valence-corrected chi connectivity index (χ4v) is 0.887. The molecule has 0 aliphatic heterocycles. The summed E-state index contributed by atoms with van der Waals surface area (Å²) < 4.78 is 9.10. The first kappa shape index (κ1) is 13.5. The van der Waals surface area contributed by atoms with E-state index >= 15 is 0 Å². The third-order valence-electron chi connectivity index (χ3n) is 1.63. The summed E-state index contributed by atoms with van der Waals surface area (Å²) in [5, 5.41) is 0. The molecule has 15 heavy (non-hydrogen) atoms. The Morgan fingerprint density at radius 3 is 2.60 bits per heavy atom. The van der Waals surface area contributed by atoms with E-state index in [4.69, 9.17) is 0 Å². The van der Waals surface area contributed by atoms with Crippen molar-refractivity contribution in [3.63, 3.8) is 0 Å². The Hall–Kier alpha value is -1.50. The molecule has 4 heteroatoms. The summed E-state index contributed by atoms with van der Waals surface area (Å²) in [5.41, 5.74) is 0. The molecule has 0 heterocycles. The van der Waals surface area contributed by atoms with Crippen molar-refractivity contribution >= 4 is 11.9 Å². The normalized spacial score (nSPS) is 8.67. The molecule has 0 unspecified atom stereocenters. The van der Waals surface area contributed by atoms with Crippen molar-refractivity contribution in [1.82, 2.24) is 0 Å². The van der Waals surface area contributed by atoms with E-state index in [1.807, 2.05) is 0 Å². The van der Waals surface area contributed by atoms with E-state index in [2.05, 4.69) is 21.3 Å². The van der Waals surface area contributed by atoms with Gasteiger partial charge in [0.15, 0.2) is 0 Å². The van der Waals surface area contributed by atoms with Gasteiger partial charge in [0.1, 0.15) is 0 Å². The van der Waals surface area contributed by atoms with Gasteiger partial charge in [-0.05, 0) is 19.8 Å². The minimum absolute atomic E-state index is 0.214. The molecule has 0 N–H and O–H groups in total.